The van der Waals surface area contributed by atoms with Crippen LogP contribution in [-0.2, 0) is 10.2 Å². The minimum Gasteiger partial charge on any atom is -0.496 e. The van der Waals surface area contributed by atoms with Gasteiger partial charge >= 0.3 is 0 Å². The van der Waals surface area contributed by atoms with Gasteiger partial charge in [-0.15, -0.1) is 0 Å². The number of hydrogen-bond donors (Lipinski definition) is 1. The molecule has 0 bridgehead atoms. The minimum absolute atomic E-state index is 0.102. The van der Waals surface area contributed by atoms with E-state index < -0.39 is 0 Å². The fraction of sp³-hybridized carbons (Fsp3) is 0.625. The van der Waals surface area contributed by atoms with Crippen LogP contribution < -0.4 is 10.5 Å². The highest BCUT2D eigenvalue weighted by Crippen LogP contribution is 2.43. The van der Waals surface area contributed by atoms with Crippen LogP contribution in [0.3, 0.4) is 0 Å². The van der Waals surface area contributed by atoms with E-state index >= 15 is 0 Å². The molecule has 1 fully saturated rings. The molecule has 1 aromatic carbocycles. The number of hydrogen-bond acceptors (Lipinski definition) is 3. The van der Waals surface area contributed by atoms with E-state index in [0.717, 1.165) is 25.4 Å². The van der Waals surface area contributed by atoms with E-state index in [4.69, 9.17) is 15.2 Å². The molecule has 19 heavy (non-hydrogen) atoms. The van der Waals surface area contributed by atoms with Crippen molar-refractivity contribution in [3.8, 4) is 5.75 Å². The maximum Gasteiger partial charge on any atom is 0.122 e. The lowest BCUT2D eigenvalue weighted by Gasteiger charge is -2.48. The fourth-order valence-corrected chi connectivity index (χ4v) is 3.26. The van der Waals surface area contributed by atoms with Gasteiger partial charge in [-0.3, -0.25) is 0 Å². The van der Waals surface area contributed by atoms with Gasteiger partial charge in [0.05, 0.1) is 20.3 Å². The smallest absolute Gasteiger partial charge is 0.122 e. The SMILES string of the molecule is CCC(CN)C1(c2cc(C)c(OC)cc2C)COC1. The summed E-state index contributed by atoms with van der Waals surface area (Å²) in [5, 5.41) is 0. The molecule has 1 heterocycles. The minimum atomic E-state index is 0.102. The first-order chi connectivity index (χ1) is 9.08. The Kier molecular flexibility index (Phi) is 4.16. The number of methoxy groups -OCH3 is 1. The number of benzene rings is 1. The molecule has 3 nitrogen and oxygen atoms in total. The van der Waals surface area contributed by atoms with Gasteiger partial charge in [-0.25, -0.2) is 0 Å². The average molecular weight is 263 g/mol. The Labute approximate surface area is 116 Å². The maximum absolute atomic E-state index is 5.98. The molecule has 1 atom stereocenters. The predicted molar refractivity (Wildman–Crippen MR) is 77.8 cm³/mol. The van der Waals surface area contributed by atoms with E-state index in [9.17, 15) is 0 Å². The Balaban J connectivity index is 2.47. The fourth-order valence-electron chi connectivity index (χ4n) is 3.26. The second-order valence-corrected chi connectivity index (χ2v) is 5.63. The highest BCUT2D eigenvalue weighted by atomic mass is 16.5. The van der Waals surface area contributed by atoms with Gasteiger partial charge in [-0.1, -0.05) is 19.4 Å². The quantitative estimate of drug-likeness (QED) is 0.888. The van der Waals surface area contributed by atoms with Crippen molar-refractivity contribution < 1.29 is 9.47 Å². The van der Waals surface area contributed by atoms with Crippen LogP contribution in [0.5, 0.6) is 5.75 Å². The van der Waals surface area contributed by atoms with E-state index in [-0.39, 0.29) is 5.41 Å². The standard InChI is InChI=1S/C16H25NO2/c1-5-13(8-17)16(9-19-10-16)14-6-12(3)15(18-4)7-11(14)2/h6-7,13H,5,8-10,17H2,1-4H3. The molecule has 0 aromatic heterocycles. The first-order valence-electron chi connectivity index (χ1n) is 7.02. The first-order valence-corrected chi connectivity index (χ1v) is 7.02. The van der Waals surface area contributed by atoms with Crippen molar-refractivity contribution in [3.05, 3.63) is 28.8 Å². The number of nitrogens with two attached hydrogens (primary N) is 1. The van der Waals surface area contributed by atoms with E-state index in [1.807, 2.05) is 0 Å². The molecule has 1 saturated heterocycles. The van der Waals surface area contributed by atoms with Crippen molar-refractivity contribution in [3.63, 3.8) is 0 Å². The van der Waals surface area contributed by atoms with Crippen molar-refractivity contribution in [1.82, 2.24) is 0 Å². The summed E-state index contributed by atoms with van der Waals surface area (Å²) in [6, 6.07) is 4.39. The van der Waals surface area contributed by atoms with Gasteiger partial charge in [0.2, 0.25) is 0 Å². The molecule has 0 aliphatic carbocycles. The largest absolute Gasteiger partial charge is 0.496 e. The van der Waals surface area contributed by atoms with Crippen LogP contribution in [0.4, 0.5) is 0 Å². The van der Waals surface area contributed by atoms with Crippen LogP contribution in [0.1, 0.15) is 30.0 Å². The zero-order valence-electron chi connectivity index (χ0n) is 12.5. The highest BCUT2D eigenvalue weighted by Gasteiger charge is 2.46. The van der Waals surface area contributed by atoms with Crippen molar-refractivity contribution >= 4 is 0 Å². The molecule has 0 spiro atoms. The molecule has 1 unspecified atom stereocenters. The zero-order chi connectivity index (χ0) is 14.0. The lowest BCUT2D eigenvalue weighted by atomic mass is 9.66. The van der Waals surface area contributed by atoms with Crippen molar-refractivity contribution in [2.24, 2.45) is 11.7 Å². The summed E-state index contributed by atoms with van der Waals surface area (Å²) in [7, 11) is 1.72. The van der Waals surface area contributed by atoms with E-state index in [0.29, 0.717) is 12.5 Å². The van der Waals surface area contributed by atoms with Gasteiger partial charge in [0.1, 0.15) is 5.75 Å². The predicted octanol–water partition coefficient (Wildman–Crippen LogP) is 2.56. The van der Waals surface area contributed by atoms with Gasteiger partial charge in [0.25, 0.3) is 0 Å². The average Bonchev–Trinajstić information content (AvgIpc) is 2.36. The zero-order valence-corrected chi connectivity index (χ0v) is 12.5. The monoisotopic (exact) mass is 263 g/mol. The molecular weight excluding hydrogens is 238 g/mol. The van der Waals surface area contributed by atoms with Crippen LogP contribution in [0, 0.1) is 19.8 Å². The summed E-state index contributed by atoms with van der Waals surface area (Å²) in [5.74, 6) is 1.44. The number of rotatable bonds is 5. The molecule has 0 amide bonds. The third-order valence-electron chi connectivity index (χ3n) is 4.56. The van der Waals surface area contributed by atoms with Gasteiger partial charge < -0.3 is 15.2 Å². The third kappa shape index (κ3) is 2.26. The van der Waals surface area contributed by atoms with E-state index in [1.165, 1.54) is 16.7 Å². The van der Waals surface area contributed by atoms with Gasteiger partial charge in [-0.05, 0) is 49.1 Å². The van der Waals surface area contributed by atoms with Gasteiger partial charge in [0, 0.05) is 5.41 Å². The molecule has 3 heteroatoms. The van der Waals surface area contributed by atoms with Crippen LogP contribution in [0.2, 0.25) is 0 Å². The summed E-state index contributed by atoms with van der Waals surface area (Å²) < 4.78 is 10.9. The van der Waals surface area contributed by atoms with Crippen molar-refractivity contribution in [2.45, 2.75) is 32.6 Å². The molecular formula is C16H25NO2. The Morgan fingerprint density at radius 2 is 2.00 bits per heavy atom. The molecule has 2 N–H and O–H groups in total. The van der Waals surface area contributed by atoms with Crippen LogP contribution in [0.25, 0.3) is 0 Å². The first kappa shape index (κ1) is 14.4. The normalized spacial score (nSPS) is 18.8. The Bertz CT molecular complexity index is 448. The van der Waals surface area contributed by atoms with Crippen LogP contribution in [0.15, 0.2) is 12.1 Å². The molecule has 0 saturated carbocycles. The molecule has 1 aliphatic rings. The third-order valence-corrected chi connectivity index (χ3v) is 4.56. The second-order valence-electron chi connectivity index (χ2n) is 5.63. The number of ether oxygens (including phenoxy) is 2. The summed E-state index contributed by atoms with van der Waals surface area (Å²) in [6.45, 7) is 8.75. The Hall–Kier alpha value is -1.06. The second kappa shape index (κ2) is 5.51. The molecule has 1 aliphatic heterocycles. The number of aryl methyl sites for hydroxylation is 2. The Morgan fingerprint density at radius 3 is 2.42 bits per heavy atom. The summed E-state index contributed by atoms with van der Waals surface area (Å²) in [6.07, 6.45) is 1.09. The molecule has 2 rings (SSSR count). The van der Waals surface area contributed by atoms with Crippen LogP contribution in [-0.4, -0.2) is 26.9 Å². The van der Waals surface area contributed by atoms with Crippen LogP contribution >= 0.6 is 0 Å². The molecule has 106 valence electrons. The van der Waals surface area contributed by atoms with Gasteiger partial charge in [-0.2, -0.15) is 0 Å². The van der Waals surface area contributed by atoms with Crippen molar-refractivity contribution in [2.75, 3.05) is 26.9 Å². The summed E-state index contributed by atoms with van der Waals surface area (Å²) in [5.41, 5.74) is 9.92. The molecule has 0 radical (unpaired) electrons. The molecule has 1 aromatic rings. The lowest BCUT2D eigenvalue weighted by Crippen LogP contribution is -2.54. The van der Waals surface area contributed by atoms with E-state index in [1.54, 1.807) is 7.11 Å². The topological polar surface area (TPSA) is 44.5 Å². The Morgan fingerprint density at radius 1 is 1.32 bits per heavy atom. The van der Waals surface area contributed by atoms with E-state index in [2.05, 4.69) is 32.9 Å². The van der Waals surface area contributed by atoms with Gasteiger partial charge in [0.15, 0.2) is 0 Å². The highest BCUT2D eigenvalue weighted by molar-refractivity contribution is 5.46. The van der Waals surface area contributed by atoms with Crippen molar-refractivity contribution in [1.29, 1.82) is 0 Å². The summed E-state index contributed by atoms with van der Waals surface area (Å²) in [4.78, 5) is 0. The summed E-state index contributed by atoms with van der Waals surface area (Å²) >= 11 is 0. The maximum atomic E-state index is 5.98. The lowest BCUT2D eigenvalue weighted by molar-refractivity contribution is -0.0901.